The van der Waals surface area contributed by atoms with Crippen LogP contribution in [0.15, 0.2) is 17.2 Å². The van der Waals surface area contributed by atoms with Crippen LogP contribution in [0.1, 0.15) is 27.2 Å². The highest BCUT2D eigenvalue weighted by Crippen LogP contribution is 2.24. The Balaban J connectivity index is 2.66. The minimum absolute atomic E-state index is 0.480. The molecule has 1 aromatic heterocycles. The first-order valence-electron chi connectivity index (χ1n) is 5.65. The van der Waals surface area contributed by atoms with Gasteiger partial charge in [-0.3, -0.25) is 0 Å². The van der Waals surface area contributed by atoms with Gasteiger partial charge in [-0.05, 0) is 30.2 Å². The molecule has 0 radical (unpaired) electrons. The lowest BCUT2D eigenvalue weighted by molar-refractivity contribution is 0.261. The topological polar surface area (TPSA) is 48.1 Å². The van der Waals surface area contributed by atoms with Crippen molar-refractivity contribution < 1.29 is 4.74 Å². The minimum Gasteiger partial charge on any atom is -0.476 e. The quantitative estimate of drug-likeness (QED) is 0.776. The van der Waals surface area contributed by atoms with Crippen molar-refractivity contribution in [3.63, 3.8) is 0 Å². The summed E-state index contributed by atoms with van der Waals surface area (Å²) in [4.78, 5) is 4.40. The average molecular weight is 240 g/mol. The molecule has 0 fully saturated rings. The van der Waals surface area contributed by atoms with Crippen molar-refractivity contribution in [1.82, 2.24) is 4.98 Å². The van der Waals surface area contributed by atoms with Crippen LogP contribution in [0.25, 0.3) is 0 Å². The van der Waals surface area contributed by atoms with E-state index in [1.165, 1.54) is 0 Å². The molecule has 0 aliphatic carbocycles. The monoisotopic (exact) mass is 240 g/mol. The normalized spacial score (nSPS) is 10.8. The van der Waals surface area contributed by atoms with Crippen LogP contribution >= 0.6 is 11.8 Å². The molecule has 2 N–H and O–H groups in total. The second-order valence-electron chi connectivity index (χ2n) is 4.10. The minimum atomic E-state index is 0.480. The van der Waals surface area contributed by atoms with E-state index >= 15 is 0 Å². The summed E-state index contributed by atoms with van der Waals surface area (Å²) in [6.45, 7) is 7.01. The Morgan fingerprint density at radius 1 is 1.44 bits per heavy atom. The predicted molar refractivity (Wildman–Crippen MR) is 70.0 cm³/mol. The van der Waals surface area contributed by atoms with E-state index in [1.54, 1.807) is 11.8 Å². The number of pyridine rings is 1. The van der Waals surface area contributed by atoms with E-state index < -0.39 is 0 Å². The summed E-state index contributed by atoms with van der Waals surface area (Å²) in [5.74, 6) is 2.11. The van der Waals surface area contributed by atoms with E-state index in [0.29, 0.717) is 24.1 Å². The Bertz CT molecular complexity index is 329. The summed E-state index contributed by atoms with van der Waals surface area (Å²) in [7, 11) is 0. The molecule has 1 aromatic rings. The van der Waals surface area contributed by atoms with Crippen molar-refractivity contribution in [3.8, 4) is 5.88 Å². The molecule has 1 rings (SSSR count). The Kier molecular flexibility index (Phi) is 5.46. The molecule has 0 saturated heterocycles. The fourth-order valence-corrected chi connectivity index (χ4v) is 1.81. The average Bonchev–Trinajstić information content (AvgIpc) is 2.26. The SMILES string of the molecule is CCCSc1ccc(N)c(OCC(C)C)n1. The second-order valence-corrected chi connectivity index (χ2v) is 5.21. The fourth-order valence-electron chi connectivity index (χ4n) is 1.08. The Morgan fingerprint density at radius 2 is 2.19 bits per heavy atom. The van der Waals surface area contributed by atoms with Gasteiger partial charge in [0.05, 0.1) is 12.3 Å². The van der Waals surface area contributed by atoms with Crippen LogP contribution in [-0.4, -0.2) is 17.3 Å². The number of nitrogen functional groups attached to an aromatic ring is 1. The molecule has 16 heavy (non-hydrogen) atoms. The van der Waals surface area contributed by atoms with Crippen molar-refractivity contribution in [3.05, 3.63) is 12.1 Å². The number of nitrogens with two attached hydrogens (primary N) is 1. The van der Waals surface area contributed by atoms with Crippen LogP contribution in [-0.2, 0) is 0 Å². The van der Waals surface area contributed by atoms with E-state index in [2.05, 4.69) is 25.8 Å². The van der Waals surface area contributed by atoms with E-state index in [1.807, 2.05) is 12.1 Å². The van der Waals surface area contributed by atoms with Gasteiger partial charge < -0.3 is 10.5 Å². The first-order valence-corrected chi connectivity index (χ1v) is 6.64. The number of anilines is 1. The van der Waals surface area contributed by atoms with Crippen molar-refractivity contribution >= 4 is 17.4 Å². The molecule has 0 aromatic carbocycles. The molecule has 3 nitrogen and oxygen atoms in total. The maximum atomic E-state index is 5.81. The van der Waals surface area contributed by atoms with Gasteiger partial charge in [0.2, 0.25) is 5.88 Å². The molecule has 0 amide bonds. The van der Waals surface area contributed by atoms with Crippen LogP contribution in [0, 0.1) is 5.92 Å². The second kappa shape index (κ2) is 6.63. The van der Waals surface area contributed by atoms with Crippen LogP contribution in [0.2, 0.25) is 0 Å². The maximum Gasteiger partial charge on any atom is 0.238 e. The van der Waals surface area contributed by atoms with Crippen molar-refractivity contribution in [2.45, 2.75) is 32.2 Å². The molecule has 0 aliphatic heterocycles. The first kappa shape index (κ1) is 13.2. The van der Waals surface area contributed by atoms with E-state index in [4.69, 9.17) is 10.5 Å². The zero-order chi connectivity index (χ0) is 12.0. The van der Waals surface area contributed by atoms with Crippen molar-refractivity contribution in [1.29, 1.82) is 0 Å². The smallest absolute Gasteiger partial charge is 0.238 e. The third kappa shape index (κ3) is 4.31. The highest BCUT2D eigenvalue weighted by molar-refractivity contribution is 7.99. The predicted octanol–water partition coefficient (Wildman–Crippen LogP) is 3.20. The number of hydrogen-bond donors (Lipinski definition) is 1. The number of aromatic nitrogens is 1. The third-order valence-electron chi connectivity index (χ3n) is 1.87. The Labute approximate surface area is 102 Å². The van der Waals surface area contributed by atoms with E-state index in [-0.39, 0.29) is 0 Å². The summed E-state index contributed by atoms with van der Waals surface area (Å²) >= 11 is 1.73. The summed E-state index contributed by atoms with van der Waals surface area (Å²) in [6.07, 6.45) is 1.14. The van der Waals surface area contributed by atoms with Crippen molar-refractivity contribution in [2.75, 3.05) is 18.1 Å². The van der Waals surface area contributed by atoms with Crippen LogP contribution in [0.5, 0.6) is 5.88 Å². The lowest BCUT2D eigenvalue weighted by Gasteiger charge is -2.10. The molecule has 0 saturated carbocycles. The number of ether oxygens (including phenoxy) is 1. The van der Waals surface area contributed by atoms with Crippen molar-refractivity contribution in [2.24, 2.45) is 5.92 Å². The molecule has 0 bridgehead atoms. The van der Waals surface area contributed by atoms with Gasteiger partial charge in [-0.2, -0.15) is 0 Å². The van der Waals surface area contributed by atoms with E-state index in [9.17, 15) is 0 Å². The highest BCUT2D eigenvalue weighted by Gasteiger charge is 2.05. The Hall–Kier alpha value is -0.900. The molecule has 0 spiro atoms. The first-order chi connectivity index (χ1) is 7.63. The third-order valence-corrected chi connectivity index (χ3v) is 3.01. The lowest BCUT2D eigenvalue weighted by atomic mass is 10.2. The number of rotatable bonds is 6. The fraction of sp³-hybridized carbons (Fsp3) is 0.583. The van der Waals surface area contributed by atoms with Gasteiger partial charge in [0.25, 0.3) is 0 Å². The molecule has 90 valence electrons. The van der Waals surface area contributed by atoms with Gasteiger partial charge >= 0.3 is 0 Å². The van der Waals surface area contributed by atoms with Crippen LogP contribution in [0.3, 0.4) is 0 Å². The highest BCUT2D eigenvalue weighted by atomic mass is 32.2. The molecular formula is C12H20N2OS. The molecule has 1 heterocycles. The van der Waals surface area contributed by atoms with Gasteiger partial charge in [0.15, 0.2) is 0 Å². The number of hydrogen-bond acceptors (Lipinski definition) is 4. The van der Waals surface area contributed by atoms with Gasteiger partial charge in [-0.15, -0.1) is 11.8 Å². The summed E-state index contributed by atoms with van der Waals surface area (Å²) < 4.78 is 5.57. The Morgan fingerprint density at radius 3 is 2.81 bits per heavy atom. The van der Waals surface area contributed by atoms with Crippen LogP contribution in [0.4, 0.5) is 5.69 Å². The standard InChI is InChI=1S/C12H20N2OS/c1-4-7-16-11-6-5-10(13)12(14-11)15-8-9(2)3/h5-6,9H,4,7-8,13H2,1-3H3. The number of nitrogens with zero attached hydrogens (tertiary/aromatic N) is 1. The number of thioether (sulfide) groups is 1. The van der Waals surface area contributed by atoms with Gasteiger partial charge in [0, 0.05) is 0 Å². The zero-order valence-corrected chi connectivity index (χ0v) is 11.0. The molecule has 0 atom stereocenters. The van der Waals surface area contributed by atoms with Gasteiger partial charge in [-0.25, -0.2) is 4.98 Å². The molecule has 4 heteroatoms. The van der Waals surface area contributed by atoms with Crippen LogP contribution < -0.4 is 10.5 Å². The maximum absolute atomic E-state index is 5.81. The summed E-state index contributed by atoms with van der Waals surface area (Å²) in [5.41, 5.74) is 6.42. The summed E-state index contributed by atoms with van der Waals surface area (Å²) in [6, 6.07) is 3.80. The molecular weight excluding hydrogens is 220 g/mol. The lowest BCUT2D eigenvalue weighted by Crippen LogP contribution is -2.07. The molecule has 0 aliphatic rings. The summed E-state index contributed by atoms with van der Waals surface area (Å²) in [5, 5.41) is 0.981. The molecule has 0 unspecified atom stereocenters. The van der Waals surface area contributed by atoms with Gasteiger partial charge in [-0.1, -0.05) is 20.8 Å². The van der Waals surface area contributed by atoms with Gasteiger partial charge in [0.1, 0.15) is 5.03 Å². The van der Waals surface area contributed by atoms with E-state index in [0.717, 1.165) is 17.2 Å². The zero-order valence-electron chi connectivity index (χ0n) is 10.2. The largest absolute Gasteiger partial charge is 0.476 e.